The first kappa shape index (κ1) is 18.1. The van der Waals surface area contributed by atoms with Gasteiger partial charge in [-0.25, -0.2) is 4.39 Å². The molecule has 1 heterocycles. The number of aliphatic hydroxyl groups is 1. The van der Waals surface area contributed by atoms with Gasteiger partial charge in [0.15, 0.2) is 0 Å². The first-order valence-corrected chi connectivity index (χ1v) is 7.98. The number of hydrogen-bond donors (Lipinski definition) is 3. The molecule has 130 valence electrons. The second kappa shape index (κ2) is 7.13. The average molecular weight is 333 g/mol. The van der Waals surface area contributed by atoms with Crippen molar-refractivity contribution in [2.24, 2.45) is 11.3 Å². The number of aliphatic hydroxyl groups excluding tert-OH is 1. The summed E-state index contributed by atoms with van der Waals surface area (Å²) >= 11 is 0. The molecule has 1 amide bonds. The molecule has 0 spiro atoms. The van der Waals surface area contributed by atoms with Crippen LogP contribution in [0.3, 0.4) is 0 Å². The Hall–Kier alpha value is -2.21. The first-order valence-electron chi connectivity index (χ1n) is 7.98. The minimum atomic E-state index is -0.529. The van der Waals surface area contributed by atoms with E-state index >= 15 is 0 Å². The van der Waals surface area contributed by atoms with Gasteiger partial charge in [0, 0.05) is 17.5 Å². The summed E-state index contributed by atoms with van der Waals surface area (Å²) in [5, 5.41) is 19.8. The standard InChI is InChI=1S/C18H24FN3O2/c1-11(2)16(23)18(3,4)10-20-17(24)14-9-21-22-15(14)12-5-7-13(19)8-6-12/h5-9,11,16,23H,10H2,1-4H3,(H,20,24)(H,21,22). The maximum Gasteiger partial charge on any atom is 0.255 e. The number of aromatic nitrogens is 2. The number of carbonyl (C=O) groups is 1. The molecule has 6 heteroatoms. The number of H-pyrrole nitrogens is 1. The summed E-state index contributed by atoms with van der Waals surface area (Å²) in [7, 11) is 0. The summed E-state index contributed by atoms with van der Waals surface area (Å²) in [6.07, 6.45) is 0.915. The maximum atomic E-state index is 13.1. The number of nitrogens with one attached hydrogen (secondary N) is 2. The third-order valence-electron chi connectivity index (χ3n) is 4.15. The molecule has 0 aliphatic rings. The van der Waals surface area contributed by atoms with E-state index in [0.717, 1.165) is 0 Å². The Morgan fingerprint density at radius 3 is 2.54 bits per heavy atom. The molecule has 2 rings (SSSR count). The van der Waals surface area contributed by atoms with Crippen LogP contribution in [0.25, 0.3) is 11.3 Å². The van der Waals surface area contributed by atoms with Gasteiger partial charge in [-0.15, -0.1) is 0 Å². The van der Waals surface area contributed by atoms with Crippen LogP contribution < -0.4 is 5.32 Å². The largest absolute Gasteiger partial charge is 0.392 e. The Kier molecular flexibility index (Phi) is 5.39. The molecule has 1 atom stereocenters. The van der Waals surface area contributed by atoms with Crippen molar-refractivity contribution in [1.29, 1.82) is 0 Å². The molecule has 5 nitrogen and oxygen atoms in total. The molecule has 1 unspecified atom stereocenters. The number of hydrogen-bond acceptors (Lipinski definition) is 3. The van der Waals surface area contributed by atoms with Gasteiger partial charge < -0.3 is 10.4 Å². The minimum absolute atomic E-state index is 0.0978. The number of rotatable bonds is 6. The molecule has 0 saturated heterocycles. The van der Waals surface area contributed by atoms with Crippen LogP contribution in [0.5, 0.6) is 0 Å². The van der Waals surface area contributed by atoms with Crippen LogP contribution in [0, 0.1) is 17.2 Å². The van der Waals surface area contributed by atoms with E-state index in [1.807, 2.05) is 27.7 Å². The van der Waals surface area contributed by atoms with Crippen molar-refractivity contribution in [1.82, 2.24) is 15.5 Å². The Morgan fingerprint density at radius 1 is 1.33 bits per heavy atom. The molecule has 0 saturated carbocycles. The Labute approximate surface area is 141 Å². The highest BCUT2D eigenvalue weighted by molar-refractivity contribution is 5.99. The summed E-state index contributed by atoms with van der Waals surface area (Å²) in [6, 6.07) is 5.85. The van der Waals surface area contributed by atoms with Crippen LogP contribution in [0.1, 0.15) is 38.1 Å². The third-order valence-corrected chi connectivity index (χ3v) is 4.15. The van der Waals surface area contributed by atoms with Gasteiger partial charge in [-0.05, 0) is 30.2 Å². The highest BCUT2D eigenvalue weighted by Crippen LogP contribution is 2.26. The van der Waals surface area contributed by atoms with Crippen molar-refractivity contribution < 1.29 is 14.3 Å². The summed E-state index contributed by atoms with van der Waals surface area (Å²) in [5.41, 5.74) is 1.15. The molecule has 2 aromatic rings. The zero-order chi connectivity index (χ0) is 17.9. The lowest BCUT2D eigenvalue weighted by Gasteiger charge is -2.33. The van der Waals surface area contributed by atoms with E-state index in [4.69, 9.17) is 0 Å². The zero-order valence-electron chi connectivity index (χ0n) is 14.4. The lowest BCUT2D eigenvalue weighted by molar-refractivity contribution is 0.0138. The van der Waals surface area contributed by atoms with E-state index in [2.05, 4.69) is 15.5 Å². The second-order valence-electron chi connectivity index (χ2n) is 7.03. The number of nitrogens with zero attached hydrogens (tertiary/aromatic N) is 1. The van der Waals surface area contributed by atoms with E-state index in [9.17, 15) is 14.3 Å². The Bertz CT molecular complexity index is 693. The fourth-order valence-electron chi connectivity index (χ4n) is 2.71. The van der Waals surface area contributed by atoms with Gasteiger partial charge in [0.05, 0.1) is 23.6 Å². The number of amides is 1. The molecule has 0 bridgehead atoms. The highest BCUT2D eigenvalue weighted by atomic mass is 19.1. The molecular formula is C18H24FN3O2. The van der Waals surface area contributed by atoms with E-state index in [0.29, 0.717) is 23.4 Å². The molecule has 0 aliphatic carbocycles. The first-order chi connectivity index (χ1) is 11.2. The van der Waals surface area contributed by atoms with Crippen molar-refractivity contribution in [3.8, 4) is 11.3 Å². The van der Waals surface area contributed by atoms with Crippen molar-refractivity contribution in [2.45, 2.75) is 33.8 Å². The van der Waals surface area contributed by atoms with Crippen molar-refractivity contribution in [3.63, 3.8) is 0 Å². The van der Waals surface area contributed by atoms with Crippen molar-refractivity contribution in [3.05, 3.63) is 41.8 Å². The normalized spacial score (nSPS) is 13.1. The van der Waals surface area contributed by atoms with Crippen LogP contribution in [0.15, 0.2) is 30.5 Å². The summed E-state index contributed by atoms with van der Waals surface area (Å²) < 4.78 is 13.1. The van der Waals surface area contributed by atoms with Crippen LogP contribution >= 0.6 is 0 Å². The number of benzene rings is 1. The lowest BCUT2D eigenvalue weighted by atomic mass is 9.80. The number of aromatic amines is 1. The molecule has 0 aliphatic heterocycles. The van der Waals surface area contributed by atoms with Gasteiger partial charge in [-0.1, -0.05) is 27.7 Å². The monoisotopic (exact) mass is 333 g/mol. The van der Waals surface area contributed by atoms with Crippen LogP contribution in [0.4, 0.5) is 4.39 Å². The summed E-state index contributed by atoms with van der Waals surface area (Å²) in [4.78, 5) is 12.5. The topological polar surface area (TPSA) is 78.0 Å². The summed E-state index contributed by atoms with van der Waals surface area (Å²) in [6.45, 7) is 8.04. The van der Waals surface area contributed by atoms with Crippen molar-refractivity contribution in [2.75, 3.05) is 6.54 Å². The predicted octanol–water partition coefficient (Wildman–Crippen LogP) is 2.99. The fraction of sp³-hybridized carbons (Fsp3) is 0.444. The molecule has 3 N–H and O–H groups in total. The molecule has 0 radical (unpaired) electrons. The minimum Gasteiger partial charge on any atom is -0.392 e. The van der Waals surface area contributed by atoms with Crippen molar-refractivity contribution >= 4 is 5.91 Å². The Balaban J connectivity index is 2.12. The quantitative estimate of drug-likeness (QED) is 0.760. The fourth-order valence-corrected chi connectivity index (χ4v) is 2.71. The maximum absolute atomic E-state index is 13.1. The molecule has 1 aromatic carbocycles. The van der Waals surface area contributed by atoms with Crippen LogP contribution in [-0.2, 0) is 0 Å². The zero-order valence-corrected chi connectivity index (χ0v) is 14.4. The second-order valence-corrected chi connectivity index (χ2v) is 7.03. The molecular weight excluding hydrogens is 309 g/mol. The van der Waals surface area contributed by atoms with Gasteiger partial charge in [0.25, 0.3) is 5.91 Å². The van der Waals surface area contributed by atoms with E-state index in [-0.39, 0.29) is 17.6 Å². The van der Waals surface area contributed by atoms with Gasteiger partial charge in [0.2, 0.25) is 0 Å². The molecule has 0 fully saturated rings. The predicted molar refractivity (Wildman–Crippen MR) is 90.9 cm³/mol. The average Bonchev–Trinajstić information content (AvgIpc) is 3.02. The van der Waals surface area contributed by atoms with E-state index in [1.165, 1.54) is 18.3 Å². The summed E-state index contributed by atoms with van der Waals surface area (Å²) in [5.74, 6) is -0.526. The SMILES string of the molecule is CC(C)C(O)C(C)(C)CNC(=O)c1cn[nH]c1-c1ccc(F)cc1. The number of carbonyl (C=O) groups excluding carboxylic acids is 1. The van der Waals surface area contributed by atoms with E-state index in [1.54, 1.807) is 12.1 Å². The van der Waals surface area contributed by atoms with Crippen LogP contribution in [0.2, 0.25) is 0 Å². The van der Waals surface area contributed by atoms with Gasteiger partial charge in [-0.3, -0.25) is 9.89 Å². The highest BCUT2D eigenvalue weighted by Gasteiger charge is 2.31. The lowest BCUT2D eigenvalue weighted by Crippen LogP contribution is -2.43. The van der Waals surface area contributed by atoms with Gasteiger partial charge in [0.1, 0.15) is 5.82 Å². The molecule has 1 aromatic heterocycles. The van der Waals surface area contributed by atoms with Crippen LogP contribution in [-0.4, -0.2) is 33.9 Å². The van der Waals surface area contributed by atoms with Gasteiger partial charge >= 0.3 is 0 Å². The van der Waals surface area contributed by atoms with E-state index < -0.39 is 11.5 Å². The number of halogens is 1. The molecule has 24 heavy (non-hydrogen) atoms. The van der Waals surface area contributed by atoms with Gasteiger partial charge in [-0.2, -0.15) is 5.10 Å². The third kappa shape index (κ3) is 4.00. The smallest absolute Gasteiger partial charge is 0.255 e. The Morgan fingerprint density at radius 2 is 1.96 bits per heavy atom.